The van der Waals surface area contributed by atoms with Crippen LogP contribution >= 0.6 is 0 Å². The van der Waals surface area contributed by atoms with Gasteiger partial charge in [-0.3, -0.25) is 4.79 Å². The third-order valence-electron chi connectivity index (χ3n) is 2.64. The number of carbonyl (C=O) groups excluding carboxylic acids is 1. The van der Waals surface area contributed by atoms with E-state index in [2.05, 4.69) is 10.1 Å². The number of rotatable bonds is 4. The number of nitriles is 1. The molecule has 6 heteroatoms. The second-order valence-corrected chi connectivity index (χ2v) is 4.01. The number of nitrogens with one attached hydrogen (secondary N) is 1. The predicted molar refractivity (Wildman–Crippen MR) is 72.2 cm³/mol. The van der Waals surface area contributed by atoms with Gasteiger partial charge in [-0.25, -0.2) is 0 Å². The van der Waals surface area contributed by atoms with Gasteiger partial charge in [-0.1, -0.05) is 12.1 Å². The average molecular weight is 288 g/mol. The lowest BCUT2D eigenvalue weighted by molar-refractivity contribution is -0.0498. The van der Waals surface area contributed by atoms with Crippen LogP contribution in [0.5, 0.6) is 5.75 Å². The number of alkyl halides is 2. The minimum Gasteiger partial charge on any atom is -0.435 e. The van der Waals surface area contributed by atoms with Crippen molar-refractivity contribution in [3.8, 4) is 11.8 Å². The van der Waals surface area contributed by atoms with Crippen molar-refractivity contribution < 1.29 is 18.3 Å². The zero-order valence-electron chi connectivity index (χ0n) is 10.7. The minimum absolute atomic E-state index is 0.0287. The summed E-state index contributed by atoms with van der Waals surface area (Å²) in [5, 5.41) is 11.5. The SMILES string of the molecule is N#Cc1ccccc1NC(=O)c1ccc(OC(F)F)cc1. The second-order valence-electron chi connectivity index (χ2n) is 4.01. The molecule has 21 heavy (non-hydrogen) atoms. The van der Waals surface area contributed by atoms with E-state index in [1.54, 1.807) is 24.3 Å². The van der Waals surface area contributed by atoms with Crippen molar-refractivity contribution >= 4 is 11.6 Å². The molecule has 0 atom stereocenters. The molecule has 0 fully saturated rings. The molecule has 0 spiro atoms. The highest BCUT2D eigenvalue weighted by Gasteiger charge is 2.10. The molecule has 2 aromatic carbocycles. The van der Waals surface area contributed by atoms with Crippen molar-refractivity contribution in [2.24, 2.45) is 0 Å². The molecule has 2 aromatic rings. The maximum Gasteiger partial charge on any atom is 0.387 e. The Hall–Kier alpha value is -2.94. The summed E-state index contributed by atoms with van der Waals surface area (Å²) < 4.78 is 28.2. The molecule has 106 valence electrons. The molecule has 0 unspecified atom stereocenters. The number of amides is 1. The lowest BCUT2D eigenvalue weighted by atomic mass is 10.1. The number of para-hydroxylation sites is 1. The number of carbonyl (C=O) groups is 1. The molecule has 1 N–H and O–H groups in total. The van der Waals surface area contributed by atoms with Gasteiger partial charge in [0.2, 0.25) is 0 Å². The van der Waals surface area contributed by atoms with Crippen LogP contribution in [0.2, 0.25) is 0 Å². The standard InChI is InChI=1S/C15H10F2N2O2/c16-15(17)21-12-7-5-10(6-8-12)14(20)19-13-4-2-1-3-11(13)9-18/h1-8,15H,(H,19,20). The molecule has 0 saturated heterocycles. The Morgan fingerprint density at radius 1 is 1.14 bits per heavy atom. The Balaban J connectivity index is 2.12. The number of benzene rings is 2. The van der Waals surface area contributed by atoms with Crippen molar-refractivity contribution in [3.05, 3.63) is 59.7 Å². The van der Waals surface area contributed by atoms with Gasteiger partial charge >= 0.3 is 6.61 Å². The van der Waals surface area contributed by atoms with Gasteiger partial charge in [0, 0.05) is 5.56 Å². The van der Waals surface area contributed by atoms with Gasteiger partial charge in [-0.05, 0) is 36.4 Å². The van der Waals surface area contributed by atoms with Crippen LogP contribution in [0.25, 0.3) is 0 Å². The lowest BCUT2D eigenvalue weighted by Gasteiger charge is -2.08. The van der Waals surface area contributed by atoms with Crippen LogP contribution in [0, 0.1) is 11.3 Å². The molecular weight excluding hydrogens is 278 g/mol. The summed E-state index contributed by atoms with van der Waals surface area (Å²) in [6.45, 7) is -2.91. The fourth-order valence-corrected chi connectivity index (χ4v) is 1.67. The minimum atomic E-state index is -2.91. The molecular formula is C15H10F2N2O2. The van der Waals surface area contributed by atoms with Crippen LogP contribution in [-0.4, -0.2) is 12.5 Å². The maximum atomic E-state index is 12.0. The molecule has 0 saturated carbocycles. The van der Waals surface area contributed by atoms with Crippen LogP contribution in [0.15, 0.2) is 48.5 Å². The lowest BCUT2D eigenvalue weighted by Crippen LogP contribution is -2.12. The Bertz CT molecular complexity index is 679. The van der Waals surface area contributed by atoms with Gasteiger partial charge in [-0.2, -0.15) is 14.0 Å². The van der Waals surface area contributed by atoms with Gasteiger partial charge in [0.05, 0.1) is 11.3 Å². The second kappa shape index (κ2) is 6.48. The van der Waals surface area contributed by atoms with E-state index < -0.39 is 12.5 Å². The van der Waals surface area contributed by atoms with E-state index >= 15 is 0 Å². The summed E-state index contributed by atoms with van der Waals surface area (Å²) in [5.41, 5.74) is 0.991. The average Bonchev–Trinajstić information content (AvgIpc) is 2.48. The Morgan fingerprint density at radius 2 is 1.81 bits per heavy atom. The summed E-state index contributed by atoms with van der Waals surface area (Å²) in [7, 11) is 0. The van der Waals surface area contributed by atoms with E-state index in [1.165, 1.54) is 24.3 Å². The van der Waals surface area contributed by atoms with E-state index in [9.17, 15) is 13.6 Å². The zero-order chi connectivity index (χ0) is 15.2. The van der Waals surface area contributed by atoms with Crippen LogP contribution in [0.1, 0.15) is 15.9 Å². The molecule has 0 heterocycles. The van der Waals surface area contributed by atoms with E-state index in [0.29, 0.717) is 11.3 Å². The van der Waals surface area contributed by atoms with Crippen molar-refractivity contribution in [1.29, 1.82) is 5.26 Å². The maximum absolute atomic E-state index is 12.0. The first-order valence-corrected chi connectivity index (χ1v) is 5.95. The first kappa shape index (κ1) is 14.5. The van der Waals surface area contributed by atoms with E-state index in [-0.39, 0.29) is 11.3 Å². The van der Waals surface area contributed by atoms with Crippen LogP contribution in [-0.2, 0) is 0 Å². The normalized spacial score (nSPS) is 10.0. The highest BCUT2D eigenvalue weighted by atomic mass is 19.3. The summed E-state index contributed by atoms with van der Waals surface area (Å²) in [5.74, 6) is -0.472. The molecule has 0 aromatic heterocycles. The van der Waals surface area contributed by atoms with Crippen molar-refractivity contribution in [2.75, 3.05) is 5.32 Å². The molecule has 0 aliphatic carbocycles. The smallest absolute Gasteiger partial charge is 0.387 e. The van der Waals surface area contributed by atoms with Crippen molar-refractivity contribution in [3.63, 3.8) is 0 Å². The molecule has 1 amide bonds. The van der Waals surface area contributed by atoms with Gasteiger partial charge < -0.3 is 10.1 Å². The summed E-state index contributed by atoms with van der Waals surface area (Å²) in [6, 6.07) is 13.8. The summed E-state index contributed by atoms with van der Waals surface area (Å²) >= 11 is 0. The van der Waals surface area contributed by atoms with E-state index in [1.807, 2.05) is 6.07 Å². The zero-order valence-corrected chi connectivity index (χ0v) is 10.7. The van der Waals surface area contributed by atoms with E-state index in [4.69, 9.17) is 5.26 Å². The topological polar surface area (TPSA) is 62.1 Å². The van der Waals surface area contributed by atoms with Gasteiger partial charge in [0.15, 0.2) is 0 Å². The van der Waals surface area contributed by atoms with Gasteiger partial charge in [-0.15, -0.1) is 0 Å². The Kier molecular flexibility index (Phi) is 4.46. The third kappa shape index (κ3) is 3.76. The number of hydrogen-bond donors (Lipinski definition) is 1. The number of nitrogens with zero attached hydrogens (tertiary/aromatic N) is 1. The summed E-state index contributed by atoms with van der Waals surface area (Å²) in [6.07, 6.45) is 0. The van der Waals surface area contributed by atoms with E-state index in [0.717, 1.165) is 0 Å². The number of anilines is 1. The molecule has 0 aliphatic heterocycles. The first-order valence-electron chi connectivity index (χ1n) is 5.95. The number of hydrogen-bond acceptors (Lipinski definition) is 3. The predicted octanol–water partition coefficient (Wildman–Crippen LogP) is 3.41. The van der Waals surface area contributed by atoms with Crippen LogP contribution in [0.3, 0.4) is 0 Å². The molecule has 4 nitrogen and oxygen atoms in total. The molecule has 0 bridgehead atoms. The molecule has 0 radical (unpaired) electrons. The monoisotopic (exact) mass is 288 g/mol. The van der Waals surface area contributed by atoms with Crippen molar-refractivity contribution in [1.82, 2.24) is 0 Å². The highest BCUT2D eigenvalue weighted by Crippen LogP contribution is 2.18. The van der Waals surface area contributed by atoms with Crippen LogP contribution in [0.4, 0.5) is 14.5 Å². The number of halogens is 2. The largest absolute Gasteiger partial charge is 0.435 e. The quantitative estimate of drug-likeness (QED) is 0.937. The Labute approximate surface area is 119 Å². The van der Waals surface area contributed by atoms with Crippen molar-refractivity contribution in [2.45, 2.75) is 6.61 Å². The highest BCUT2D eigenvalue weighted by molar-refractivity contribution is 6.04. The van der Waals surface area contributed by atoms with Crippen LogP contribution < -0.4 is 10.1 Å². The molecule has 0 aliphatic rings. The Morgan fingerprint density at radius 3 is 2.43 bits per heavy atom. The fraction of sp³-hybridized carbons (Fsp3) is 0.0667. The summed E-state index contributed by atoms with van der Waals surface area (Å²) in [4.78, 5) is 12.0. The first-order chi connectivity index (χ1) is 10.1. The third-order valence-corrected chi connectivity index (χ3v) is 2.64. The fourth-order valence-electron chi connectivity index (χ4n) is 1.67. The van der Waals surface area contributed by atoms with Gasteiger partial charge in [0.25, 0.3) is 5.91 Å². The number of ether oxygens (including phenoxy) is 1. The van der Waals surface area contributed by atoms with Gasteiger partial charge in [0.1, 0.15) is 11.8 Å². The molecule has 2 rings (SSSR count).